The van der Waals surface area contributed by atoms with Crippen LogP contribution in [0.3, 0.4) is 0 Å². The third kappa shape index (κ3) is 6.27. The minimum Gasteiger partial charge on any atom is -0.389 e. The first kappa shape index (κ1) is 15.8. The fraction of sp³-hybridized carbons (Fsp3) is 0.625. The quantitative estimate of drug-likeness (QED) is 0.543. The molecule has 0 saturated heterocycles. The molecule has 0 aromatic heterocycles. The molecule has 4 heteroatoms. The number of benzene rings is 1. The Kier molecular flexibility index (Phi) is 7.44. The third-order valence-electron chi connectivity index (χ3n) is 3.50. The normalized spacial score (nSPS) is 17.4. The van der Waals surface area contributed by atoms with Crippen molar-refractivity contribution in [3.63, 3.8) is 0 Å². The maximum atomic E-state index is 9.83. The topological polar surface area (TPSA) is 41.5 Å². The van der Waals surface area contributed by atoms with Gasteiger partial charge in [-0.2, -0.15) is 0 Å². The summed E-state index contributed by atoms with van der Waals surface area (Å²) in [5, 5.41) is 13.1. The SMILES string of the molecule is OC(CNCCSc1ccccc1)COC1CCCC1. The van der Waals surface area contributed by atoms with E-state index in [-0.39, 0.29) is 0 Å². The molecule has 1 aromatic rings. The van der Waals surface area contributed by atoms with Crippen LogP contribution in [0.5, 0.6) is 0 Å². The van der Waals surface area contributed by atoms with E-state index in [9.17, 15) is 5.11 Å². The second-order valence-electron chi connectivity index (χ2n) is 5.26. The van der Waals surface area contributed by atoms with Crippen LogP contribution in [0.1, 0.15) is 25.7 Å². The largest absolute Gasteiger partial charge is 0.389 e. The van der Waals surface area contributed by atoms with Gasteiger partial charge >= 0.3 is 0 Å². The van der Waals surface area contributed by atoms with E-state index in [1.807, 2.05) is 17.8 Å². The first-order valence-corrected chi connectivity index (χ1v) is 8.51. The molecular formula is C16H25NO2S. The molecule has 0 bridgehead atoms. The van der Waals surface area contributed by atoms with Crippen LogP contribution in [0, 0.1) is 0 Å². The summed E-state index contributed by atoms with van der Waals surface area (Å²) in [4.78, 5) is 1.29. The fourth-order valence-corrected chi connectivity index (χ4v) is 3.22. The van der Waals surface area contributed by atoms with Crippen LogP contribution in [0.4, 0.5) is 0 Å². The second kappa shape index (κ2) is 9.40. The highest BCUT2D eigenvalue weighted by molar-refractivity contribution is 7.99. The van der Waals surface area contributed by atoms with Crippen molar-refractivity contribution in [2.24, 2.45) is 0 Å². The highest BCUT2D eigenvalue weighted by Gasteiger charge is 2.16. The van der Waals surface area contributed by atoms with E-state index < -0.39 is 6.10 Å². The van der Waals surface area contributed by atoms with Gasteiger partial charge in [0, 0.05) is 23.7 Å². The average Bonchev–Trinajstić information content (AvgIpc) is 2.99. The first-order valence-electron chi connectivity index (χ1n) is 7.53. The van der Waals surface area contributed by atoms with E-state index in [4.69, 9.17) is 4.74 Å². The summed E-state index contributed by atoms with van der Waals surface area (Å²) in [6.45, 7) is 1.98. The van der Waals surface area contributed by atoms with Gasteiger partial charge in [-0.15, -0.1) is 11.8 Å². The van der Waals surface area contributed by atoms with Crippen molar-refractivity contribution in [1.29, 1.82) is 0 Å². The molecule has 0 radical (unpaired) electrons. The monoisotopic (exact) mass is 295 g/mol. The standard InChI is InChI=1S/C16H25NO2S/c18-14(13-19-15-6-4-5-7-15)12-17-10-11-20-16-8-2-1-3-9-16/h1-3,8-9,14-15,17-18H,4-7,10-13H2. The van der Waals surface area contributed by atoms with E-state index in [2.05, 4.69) is 29.6 Å². The van der Waals surface area contributed by atoms with Gasteiger partial charge in [-0.25, -0.2) is 0 Å². The molecule has 1 aliphatic rings. The van der Waals surface area contributed by atoms with Gasteiger partial charge in [0.15, 0.2) is 0 Å². The summed E-state index contributed by atoms with van der Waals surface area (Å²) >= 11 is 1.83. The Balaban J connectivity index is 1.46. The van der Waals surface area contributed by atoms with Crippen LogP contribution in [-0.4, -0.2) is 42.8 Å². The molecule has 0 aliphatic heterocycles. The lowest BCUT2D eigenvalue weighted by Gasteiger charge is -2.16. The van der Waals surface area contributed by atoms with Gasteiger partial charge in [0.25, 0.3) is 0 Å². The van der Waals surface area contributed by atoms with Crippen molar-refractivity contribution in [3.05, 3.63) is 30.3 Å². The van der Waals surface area contributed by atoms with Crippen molar-refractivity contribution in [1.82, 2.24) is 5.32 Å². The van der Waals surface area contributed by atoms with Gasteiger partial charge in [0.05, 0.1) is 18.8 Å². The molecule has 20 heavy (non-hydrogen) atoms. The minimum atomic E-state index is -0.391. The van der Waals surface area contributed by atoms with E-state index >= 15 is 0 Å². The predicted octanol–water partition coefficient (Wildman–Crippen LogP) is 2.69. The number of aliphatic hydroxyl groups is 1. The van der Waals surface area contributed by atoms with Crippen molar-refractivity contribution < 1.29 is 9.84 Å². The molecule has 1 unspecified atom stereocenters. The summed E-state index contributed by atoms with van der Waals surface area (Å²) in [6, 6.07) is 10.4. The van der Waals surface area contributed by atoms with Crippen LogP contribution in [0.25, 0.3) is 0 Å². The lowest BCUT2D eigenvalue weighted by Crippen LogP contribution is -2.32. The van der Waals surface area contributed by atoms with Gasteiger partial charge in [-0.05, 0) is 25.0 Å². The van der Waals surface area contributed by atoms with Gasteiger partial charge in [-0.1, -0.05) is 31.0 Å². The fourth-order valence-electron chi connectivity index (χ4n) is 2.39. The lowest BCUT2D eigenvalue weighted by atomic mass is 10.3. The van der Waals surface area contributed by atoms with Gasteiger partial charge in [0.2, 0.25) is 0 Å². The molecule has 0 spiro atoms. The third-order valence-corrected chi connectivity index (χ3v) is 4.51. The van der Waals surface area contributed by atoms with Gasteiger partial charge < -0.3 is 15.2 Å². The molecule has 2 rings (SSSR count). The van der Waals surface area contributed by atoms with Crippen LogP contribution < -0.4 is 5.32 Å². The van der Waals surface area contributed by atoms with E-state index in [0.717, 1.165) is 25.1 Å². The van der Waals surface area contributed by atoms with Crippen molar-refractivity contribution >= 4 is 11.8 Å². The van der Waals surface area contributed by atoms with Crippen molar-refractivity contribution in [2.45, 2.75) is 42.8 Å². The molecule has 0 heterocycles. The summed E-state index contributed by atoms with van der Waals surface area (Å²) in [6.07, 6.45) is 4.86. The molecule has 3 nitrogen and oxygen atoms in total. The maximum Gasteiger partial charge on any atom is 0.0897 e. The number of hydrogen-bond donors (Lipinski definition) is 2. The Morgan fingerprint density at radius 1 is 1.25 bits per heavy atom. The molecule has 1 fully saturated rings. The molecular weight excluding hydrogens is 270 g/mol. The minimum absolute atomic E-state index is 0.387. The average molecular weight is 295 g/mol. The smallest absolute Gasteiger partial charge is 0.0897 e. The Labute approximate surface area is 126 Å². The van der Waals surface area contributed by atoms with Crippen LogP contribution >= 0.6 is 11.8 Å². The van der Waals surface area contributed by atoms with Gasteiger partial charge in [0.1, 0.15) is 0 Å². The highest BCUT2D eigenvalue weighted by Crippen LogP contribution is 2.20. The molecule has 1 atom stereocenters. The summed E-state index contributed by atoms with van der Waals surface area (Å²) < 4.78 is 5.70. The second-order valence-corrected chi connectivity index (χ2v) is 6.43. The highest BCUT2D eigenvalue weighted by atomic mass is 32.2. The zero-order chi connectivity index (χ0) is 14.0. The molecule has 1 aromatic carbocycles. The molecule has 2 N–H and O–H groups in total. The molecule has 0 amide bonds. The maximum absolute atomic E-state index is 9.83. The Morgan fingerprint density at radius 3 is 2.75 bits per heavy atom. The summed E-state index contributed by atoms with van der Waals surface area (Å²) in [7, 11) is 0. The van der Waals surface area contributed by atoms with Gasteiger partial charge in [-0.3, -0.25) is 0 Å². The number of nitrogens with one attached hydrogen (secondary N) is 1. The molecule has 1 saturated carbocycles. The number of ether oxygens (including phenoxy) is 1. The van der Waals surface area contributed by atoms with E-state index in [1.165, 1.54) is 17.7 Å². The zero-order valence-corrected chi connectivity index (χ0v) is 12.8. The van der Waals surface area contributed by atoms with Crippen LogP contribution in [-0.2, 0) is 4.74 Å². The number of rotatable bonds is 9. The van der Waals surface area contributed by atoms with Crippen molar-refractivity contribution in [2.75, 3.05) is 25.4 Å². The van der Waals surface area contributed by atoms with Crippen LogP contribution in [0.15, 0.2) is 35.2 Å². The van der Waals surface area contributed by atoms with Crippen LogP contribution in [0.2, 0.25) is 0 Å². The Bertz CT molecular complexity index is 355. The Morgan fingerprint density at radius 2 is 2.00 bits per heavy atom. The Hall–Kier alpha value is -0.550. The zero-order valence-electron chi connectivity index (χ0n) is 12.0. The summed E-state index contributed by atoms with van der Waals surface area (Å²) in [5.74, 6) is 1.01. The predicted molar refractivity (Wildman–Crippen MR) is 84.3 cm³/mol. The summed E-state index contributed by atoms with van der Waals surface area (Å²) in [5.41, 5.74) is 0. The first-order chi connectivity index (χ1) is 9.84. The van der Waals surface area contributed by atoms with E-state index in [0.29, 0.717) is 19.3 Å². The lowest BCUT2D eigenvalue weighted by molar-refractivity contribution is -0.00520. The van der Waals surface area contributed by atoms with Crippen molar-refractivity contribution in [3.8, 4) is 0 Å². The van der Waals surface area contributed by atoms with E-state index in [1.54, 1.807) is 0 Å². The molecule has 1 aliphatic carbocycles. The number of thioether (sulfide) groups is 1. The number of hydrogen-bond acceptors (Lipinski definition) is 4. The number of aliphatic hydroxyl groups excluding tert-OH is 1. The molecule has 112 valence electrons.